The molecule has 3 nitrogen and oxygen atoms in total. The van der Waals surface area contributed by atoms with Gasteiger partial charge in [0, 0.05) is 27.6 Å². The minimum Gasteiger partial charge on any atom is -0.361 e. The third kappa shape index (κ3) is 2.71. The van der Waals surface area contributed by atoms with Crippen LogP contribution in [0, 0.1) is 24.7 Å². The molecule has 2 fully saturated rings. The molecule has 2 N–H and O–H groups in total. The van der Waals surface area contributed by atoms with Gasteiger partial charge in [0.15, 0.2) is 0 Å². The van der Waals surface area contributed by atoms with Gasteiger partial charge in [0.25, 0.3) is 0 Å². The van der Waals surface area contributed by atoms with Crippen LogP contribution in [0.5, 0.6) is 0 Å². The topological polar surface area (TPSA) is 41.1 Å². The fourth-order valence-electron chi connectivity index (χ4n) is 7.83. The third-order valence-corrected chi connectivity index (χ3v) is 9.75. The van der Waals surface area contributed by atoms with Gasteiger partial charge >= 0.3 is 0 Å². The Hall–Kier alpha value is -2.29. The Morgan fingerprint density at radius 2 is 1.42 bits per heavy atom. The van der Waals surface area contributed by atoms with Crippen molar-refractivity contribution in [3.8, 4) is 0 Å². The Balaban J connectivity index is 1.69. The molecule has 0 aromatic heterocycles. The Bertz CT molecular complexity index is 1160. The van der Waals surface area contributed by atoms with Crippen molar-refractivity contribution in [3.63, 3.8) is 0 Å². The van der Waals surface area contributed by atoms with Crippen LogP contribution in [0.2, 0.25) is 0 Å². The molecule has 2 saturated carbocycles. The van der Waals surface area contributed by atoms with Gasteiger partial charge in [-0.1, -0.05) is 58.9 Å². The summed E-state index contributed by atoms with van der Waals surface area (Å²) >= 11 is 0. The van der Waals surface area contributed by atoms with Crippen molar-refractivity contribution in [1.82, 2.24) is 0 Å². The predicted octanol–water partition coefficient (Wildman–Crippen LogP) is 7.26. The highest BCUT2D eigenvalue weighted by atomic mass is 16.1. The van der Waals surface area contributed by atoms with Crippen molar-refractivity contribution in [3.05, 3.63) is 58.7 Å². The maximum absolute atomic E-state index is 13.7. The van der Waals surface area contributed by atoms with E-state index in [1.165, 1.54) is 27.9 Å². The van der Waals surface area contributed by atoms with Crippen LogP contribution in [0.25, 0.3) is 0 Å². The summed E-state index contributed by atoms with van der Waals surface area (Å²) < 4.78 is 0. The highest BCUT2D eigenvalue weighted by Crippen LogP contribution is 2.65. The van der Waals surface area contributed by atoms with Gasteiger partial charge in [-0.2, -0.15) is 0 Å². The Morgan fingerprint density at radius 3 is 2.06 bits per heavy atom. The van der Waals surface area contributed by atoms with E-state index in [0.717, 1.165) is 31.4 Å². The molecular formula is C30H40N2O. The van der Waals surface area contributed by atoms with Crippen LogP contribution in [0.15, 0.2) is 36.4 Å². The molecule has 0 saturated heterocycles. The van der Waals surface area contributed by atoms with Crippen LogP contribution in [0.1, 0.15) is 89.5 Å². The third-order valence-electron chi connectivity index (χ3n) is 9.75. The molecule has 0 bridgehead atoms. The van der Waals surface area contributed by atoms with Crippen LogP contribution >= 0.6 is 0 Å². The number of hydrogen-bond acceptors (Lipinski definition) is 3. The van der Waals surface area contributed by atoms with Crippen molar-refractivity contribution in [2.24, 2.45) is 10.8 Å². The lowest BCUT2D eigenvalue weighted by Gasteiger charge is -2.49. The van der Waals surface area contributed by atoms with E-state index in [-0.39, 0.29) is 21.9 Å². The number of carbonyl (C=O) groups excluding carboxylic acids is 1. The molecule has 3 atom stereocenters. The maximum atomic E-state index is 13.7. The number of fused-ring (bicyclic) bond motifs is 3. The largest absolute Gasteiger partial charge is 0.361 e. The van der Waals surface area contributed by atoms with Gasteiger partial charge in [0.2, 0.25) is 0 Å². The van der Waals surface area contributed by atoms with Crippen molar-refractivity contribution in [1.29, 1.82) is 0 Å². The van der Waals surface area contributed by atoms with Gasteiger partial charge in [-0.05, 0) is 80.8 Å². The number of hydrogen-bond donors (Lipinski definition) is 2. The van der Waals surface area contributed by atoms with Gasteiger partial charge < -0.3 is 10.6 Å². The van der Waals surface area contributed by atoms with Gasteiger partial charge in [0.1, 0.15) is 11.4 Å². The van der Waals surface area contributed by atoms with Crippen LogP contribution in [0.3, 0.4) is 0 Å². The van der Waals surface area contributed by atoms with Crippen molar-refractivity contribution >= 4 is 17.2 Å². The fourth-order valence-corrected chi connectivity index (χ4v) is 7.83. The molecule has 3 aliphatic rings. The summed E-state index contributed by atoms with van der Waals surface area (Å²) in [5, 5.41) is 8.13. The molecule has 0 radical (unpaired) electrons. The lowest BCUT2D eigenvalue weighted by atomic mass is 9.68. The molecule has 2 unspecified atom stereocenters. The Morgan fingerprint density at radius 1 is 0.788 bits per heavy atom. The smallest absolute Gasteiger partial charge is 0.148 e. The zero-order chi connectivity index (χ0) is 24.0. The molecular weight excluding hydrogens is 404 g/mol. The second kappa shape index (κ2) is 6.64. The van der Waals surface area contributed by atoms with E-state index in [9.17, 15) is 4.79 Å². The molecule has 5 rings (SSSR count). The number of nitrogens with one attached hydrogen (secondary N) is 2. The van der Waals surface area contributed by atoms with Crippen LogP contribution in [-0.4, -0.2) is 11.4 Å². The normalized spacial score (nSPS) is 33.5. The monoisotopic (exact) mass is 444 g/mol. The van der Waals surface area contributed by atoms with Crippen LogP contribution in [0.4, 0.5) is 11.4 Å². The van der Waals surface area contributed by atoms with E-state index in [4.69, 9.17) is 0 Å². The Kier molecular flexibility index (Phi) is 4.53. The zero-order valence-electron chi connectivity index (χ0n) is 21.7. The molecule has 0 spiro atoms. The van der Waals surface area contributed by atoms with E-state index < -0.39 is 5.41 Å². The molecule has 2 aromatic carbocycles. The maximum Gasteiger partial charge on any atom is 0.148 e. The van der Waals surface area contributed by atoms with E-state index in [2.05, 4.69) is 102 Å². The molecule has 2 aromatic rings. The molecule has 1 heterocycles. The molecule has 33 heavy (non-hydrogen) atoms. The number of anilines is 2. The summed E-state index contributed by atoms with van der Waals surface area (Å²) in [6.07, 6.45) is 4.11. The van der Waals surface area contributed by atoms with Crippen molar-refractivity contribution < 1.29 is 4.79 Å². The first-order chi connectivity index (χ1) is 15.3. The lowest BCUT2D eigenvalue weighted by molar-refractivity contribution is -0.128. The molecule has 0 amide bonds. The fraction of sp³-hybridized carbons (Fsp3) is 0.567. The average Bonchev–Trinajstić information content (AvgIpc) is 3.20. The number of rotatable bonds is 3. The van der Waals surface area contributed by atoms with Gasteiger partial charge in [0.05, 0.1) is 5.41 Å². The van der Waals surface area contributed by atoms with Crippen LogP contribution in [-0.2, 0) is 15.6 Å². The molecule has 2 aliphatic carbocycles. The number of aryl methyl sites for hydroxylation is 2. The van der Waals surface area contributed by atoms with Gasteiger partial charge in [-0.3, -0.25) is 4.79 Å². The first-order valence-corrected chi connectivity index (χ1v) is 12.6. The summed E-state index contributed by atoms with van der Waals surface area (Å²) in [7, 11) is 0. The Labute approximate surface area is 199 Å². The van der Waals surface area contributed by atoms with Crippen molar-refractivity contribution in [2.75, 3.05) is 10.6 Å². The van der Waals surface area contributed by atoms with E-state index in [0.29, 0.717) is 5.78 Å². The average molecular weight is 445 g/mol. The quantitative estimate of drug-likeness (QED) is 0.523. The van der Waals surface area contributed by atoms with E-state index in [1.807, 2.05) is 0 Å². The number of Topliss-reactive ketones (excluding diaryl/α,β-unsaturated/α-hetero) is 1. The number of carbonyl (C=O) groups is 1. The molecule has 1 aliphatic heterocycles. The first kappa shape index (κ1) is 22.5. The predicted molar refractivity (Wildman–Crippen MR) is 138 cm³/mol. The standard InChI is InChI=1S/C30H40N2O/c1-19-11-9-13-21(23(19)28(7)17-15-26(3,4)25(28)33)31-30-27(5,6)16-18-29(30,8)24-20(2)12-10-14-22(24)32-30/h9-14,31-32H,15-18H2,1-8H3/t28-,29?,30?/m0/s1. The molecule has 3 heteroatoms. The summed E-state index contributed by atoms with van der Waals surface area (Å²) in [5.41, 5.74) is 6.47. The summed E-state index contributed by atoms with van der Waals surface area (Å²) in [6.45, 7) is 18.0. The zero-order valence-corrected chi connectivity index (χ0v) is 21.7. The number of benzene rings is 2. The summed E-state index contributed by atoms with van der Waals surface area (Å²) in [6, 6.07) is 13.1. The second-order valence-electron chi connectivity index (χ2n) is 12.8. The van der Waals surface area contributed by atoms with E-state index >= 15 is 0 Å². The number of ketones is 1. The highest BCUT2D eigenvalue weighted by Gasteiger charge is 2.67. The van der Waals surface area contributed by atoms with E-state index in [1.54, 1.807) is 0 Å². The second-order valence-corrected chi connectivity index (χ2v) is 12.8. The first-order valence-electron chi connectivity index (χ1n) is 12.6. The van der Waals surface area contributed by atoms with Gasteiger partial charge in [-0.15, -0.1) is 0 Å². The summed E-state index contributed by atoms with van der Waals surface area (Å²) in [4.78, 5) is 13.7. The molecule has 176 valence electrons. The van der Waals surface area contributed by atoms with Crippen molar-refractivity contribution in [2.45, 2.75) is 97.6 Å². The van der Waals surface area contributed by atoms with Gasteiger partial charge in [-0.25, -0.2) is 0 Å². The lowest BCUT2D eigenvalue weighted by Crippen LogP contribution is -2.61. The SMILES string of the molecule is Cc1cccc2c1C1(C)CCC(C)(C)C1(Nc1cccc(C)c1[C@]1(C)CCC(C)(C)C1=O)N2. The summed E-state index contributed by atoms with van der Waals surface area (Å²) in [5.74, 6) is 0.372. The minimum absolute atomic E-state index is 0.0219. The van der Waals surface area contributed by atoms with Crippen LogP contribution < -0.4 is 10.6 Å². The minimum atomic E-state index is -0.464. The highest BCUT2D eigenvalue weighted by molar-refractivity contribution is 5.98.